The minimum atomic E-state index is -0.682. The molecule has 0 saturated carbocycles. The first-order valence-electron chi connectivity index (χ1n) is 20.0. The summed E-state index contributed by atoms with van der Waals surface area (Å²) in [5.74, 6) is 0.584. The lowest BCUT2D eigenvalue weighted by Crippen LogP contribution is -2.27. The molecule has 2 aromatic heterocycles. The van der Waals surface area contributed by atoms with E-state index in [4.69, 9.17) is 23.7 Å². The first kappa shape index (κ1) is 45.1. The quantitative estimate of drug-likeness (QED) is 0.119. The van der Waals surface area contributed by atoms with Gasteiger partial charge in [0.2, 0.25) is 0 Å². The molecule has 0 aliphatic rings. The van der Waals surface area contributed by atoms with Crippen molar-refractivity contribution in [2.45, 2.75) is 73.2 Å². The maximum atomic E-state index is 13.0. The van der Waals surface area contributed by atoms with Gasteiger partial charge in [-0.1, -0.05) is 54.6 Å². The zero-order chi connectivity index (χ0) is 45.8. The van der Waals surface area contributed by atoms with Gasteiger partial charge >= 0.3 is 24.1 Å². The molecule has 0 unspecified atom stereocenters. The summed E-state index contributed by atoms with van der Waals surface area (Å²) >= 11 is 0. The number of carbonyl (C=O) groups excluding carboxylic acids is 4. The molecule has 0 spiro atoms. The van der Waals surface area contributed by atoms with Crippen LogP contribution >= 0.6 is 0 Å². The number of carbonyl (C=O) groups is 4. The van der Waals surface area contributed by atoms with Crippen LogP contribution in [-0.2, 0) is 25.6 Å². The highest BCUT2D eigenvalue weighted by molar-refractivity contribution is 6.07. The van der Waals surface area contributed by atoms with E-state index in [2.05, 4.69) is 9.97 Å². The Morgan fingerprint density at radius 3 is 1.38 bits per heavy atom. The number of aromatic hydroxyl groups is 1. The number of fused-ring (bicyclic) bond motifs is 2. The van der Waals surface area contributed by atoms with Gasteiger partial charge < -0.3 is 28.8 Å². The monoisotopic (exact) mass is 854 g/mol. The molecule has 7 aromatic rings. The minimum absolute atomic E-state index is 0.132. The number of esters is 2. The third kappa shape index (κ3) is 10.5. The number of benzene rings is 5. The Bertz CT molecular complexity index is 2810. The van der Waals surface area contributed by atoms with E-state index in [1.165, 1.54) is 23.4 Å². The summed E-state index contributed by atoms with van der Waals surface area (Å²) in [6, 6.07) is 31.0. The average Bonchev–Trinajstić information content (AvgIpc) is 3.76. The van der Waals surface area contributed by atoms with Crippen LogP contribution in [0.1, 0.15) is 79.5 Å². The number of phenols is 1. The Balaban J connectivity index is 0.000000215. The van der Waals surface area contributed by atoms with Crippen molar-refractivity contribution >= 4 is 46.2 Å². The van der Waals surface area contributed by atoms with Crippen LogP contribution in [0.5, 0.6) is 11.5 Å². The third-order valence-corrected chi connectivity index (χ3v) is 9.46. The van der Waals surface area contributed by atoms with Gasteiger partial charge in [0.25, 0.3) is 0 Å². The van der Waals surface area contributed by atoms with Gasteiger partial charge in [-0.2, -0.15) is 0 Å². The molecule has 2 heterocycles. The molecular formula is C49H50N4O10. The maximum Gasteiger partial charge on any atom is 0.420 e. The Morgan fingerprint density at radius 2 is 0.984 bits per heavy atom. The number of nitrogens with zero attached hydrogens (tertiary/aromatic N) is 4. The molecule has 7 rings (SSSR count). The van der Waals surface area contributed by atoms with Crippen molar-refractivity contribution in [2.24, 2.45) is 0 Å². The summed E-state index contributed by atoms with van der Waals surface area (Å²) < 4.78 is 29.6. The fourth-order valence-electron chi connectivity index (χ4n) is 6.67. The molecular weight excluding hydrogens is 805 g/mol. The van der Waals surface area contributed by atoms with Gasteiger partial charge in [0.1, 0.15) is 52.0 Å². The van der Waals surface area contributed by atoms with Gasteiger partial charge in [0, 0.05) is 0 Å². The maximum absolute atomic E-state index is 13.0. The predicted octanol–water partition coefficient (Wildman–Crippen LogP) is 10.4. The molecule has 0 aliphatic heterocycles. The van der Waals surface area contributed by atoms with Crippen molar-refractivity contribution in [2.75, 3.05) is 14.2 Å². The second kappa shape index (κ2) is 18.2. The van der Waals surface area contributed by atoms with Crippen molar-refractivity contribution in [3.05, 3.63) is 131 Å². The molecule has 1 N–H and O–H groups in total. The summed E-state index contributed by atoms with van der Waals surface area (Å²) in [6.07, 6.45) is -1.14. The summed E-state index contributed by atoms with van der Waals surface area (Å²) in [6.45, 7) is 14.6. The van der Waals surface area contributed by atoms with Crippen LogP contribution < -0.4 is 4.74 Å². The second-order valence-corrected chi connectivity index (χ2v) is 16.6. The van der Waals surface area contributed by atoms with E-state index in [0.29, 0.717) is 45.9 Å². The zero-order valence-corrected chi connectivity index (χ0v) is 36.9. The Labute approximate surface area is 365 Å². The Kier molecular flexibility index (Phi) is 13.0. The van der Waals surface area contributed by atoms with Crippen LogP contribution in [0.15, 0.2) is 103 Å². The van der Waals surface area contributed by atoms with Crippen LogP contribution in [0.3, 0.4) is 0 Å². The minimum Gasteiger partial charge on any atom is -0.508 e. The van der Waals surface area contributed by atoms with Gasteiger partial charge in [0.05, 0.1) is 36.4 Å². The number of ether oxygens (including phenoxy) is 5. The van der Waals surface area contributed by atoms with E-state index in [-0.39, 0.29) is 16.9 Å². The highest BCUT2D eigenvalue weighted by atomic mass is 16.6. The van der Waals surface area contributed by atoms with Crippen LogP contribution in [0, 0.1) is 13.8 Å². The van der Waals surface area contributed by atoms with E-state index in [1.807, 2.05) is 60.7 Å². The summed E-state index contributed by atoms with van der Waals surface area (Å²) in [5, 5.41) is 9.54. The van der Waals surface area contributed by atoms with E-state index in [9.17, 15) is 24.3 Å². The molecule has 0 fully saturated rings. The molecule has 0 bridgehead atoms. The van der Waals surface area contributed by atoms with Gasteiger partial charge in [-0.3, -0.25) is 0 Å². The molecule has 5 aromatic carbocycles. The lowest BCUT2D eigenvalue weighted by molar-refractivity contribution is 0.0528. The number of aryl methyl sites for hydroxylation is 2. The van der Waals surface area contributed by atoms with Gasteiger partial charge in [-0.05, 0) is 132 Å². The molecule has 0 atom stereocenters. The largest absolute Gasteiger partial charge is 0.508 e. The molecule has 14 heteroatoms. The summed E-state index contributed by atoms with van der Waals surface area (Å²) in [5.41, 5.74) is 4.91. The van der Waals surface area contributed by atoms with Gasteiger partial charge in [-0.15, -0.1) is 0 Å². The molecule has 0 saturated heterocycles. The van der Waals surface area contributed by atoms with Crippen LogP contribution in [-0.4, -0.2) is 73.8 Å². The molecule has 0 aliphatic carbocycles. The van der Waals surface area contributed by atoms with E-state index in [1.54, 1.807) is 97.9 Å². The fourth-order valence-corrected chi connectivity index (χ4v) is 6.67. The Morgan fingerprint density at radius 1 is 0.571 bits per heavy atom. The van der Waals surface area contributed by atoms with Crippen molar-refractivity contribution in [3.8, 4) is 33.8 Å². The second-order valence-electron chi connectivity index (χ2n) is 16.6. The number of hydrogen-bond donors (Lipinski definition) is 1. The van der Waals surface area contributed by atoms with Crippen LogP contribution in [0.2, 0.25) is 0 Å². The molecule has 14 nitrogen and oxygen atoms in total. The first-order valence-corrected chi connectivity index (χ1v) is 20.0. The standard InChI is InChI=1S/C28H28N2O5.C21H22N2O5/c1-18-29-25-23(26(31)33-5)15-21(16-24(25)30(18)27(32)35-28(2,3)4)20-11-13-22(14-12-20)34-17-19-9-7-6-8-10-19;1-12-22-18-16(19(25)27-5)10-14(13-6-8-15(24)9-7-13)11-17(18)23(12)20(26)28-21(2,3)4/h6-16H,17H2,1-5H3;6-11,24H,1-5H3. The van der Waals surface area contributed by atoms with Crippen molar-refractivity contribution in [1.29, 1.82) is 0 Å². The molecule has 0 radical (unpaired) electrons. The van der Waals surface area contributed by atoms with E-state index in [0.717, 1.165) is 28.0 Å². The smallest absolute Gasteiger partial charge is 0.420 e. The number of rotatable bonds is 7. The predicted molar refractivity (Wildman–Crippen MR) is 238 cm³/mol. The number of aromatic nitrogens is 4. The van der Waals surface area contributed by atoms with Crippen molar-refractivity contribution < 1.29 is 48.0 Å². The SMILES string of the molecule is COC(=O)c1cc(-c2ccc(O)cc2)cc2c1nc(C)n2C(=O)OC(C)(C)C.COC(=O)c1cc(-c2ccc(OCc3ccccc3)cc2)cc2c1nc(C)n2C(=O)OC(C)(C)C. The zero-order valence-electron chi connectivity index (χ0n) is 36.9. The van der Waals surface area contributed by atoms with E-state index < -0.39 is 35.3 Å². The lowest BCUT2D eigenvalue weighted by atomic mass is 10.0. The molecule has 326 valence electrons. The Hall–Kier alpha value is -7.48. The number of hydrogen-bond acceptors (Lipinski definition) is 12. The van der Waals surface area contributed by atoms with Gasteiger partial charge in [-0.25, -0.2) is 38.3 Å². The van der Waals surface area contributed by atoms with Crippen molar-refractivity contribution in [3.63, 3.8) is 0 Å². The number of imidazole rings is 2. The number of phenolic OH excluding ortho intramolecular Hbond substituents is 1. The first-order chi connectivity index (χ1) is 29.8. The highest BCUT2D eigenvalue weighted by Crippen LogP contribution is 2.33. The fraction of sp³-hybridized carbons (Fsp3) is 0.265. The summed E-state index contributed by atoms with van der Waals surface area (Å²) in [7, 11) is 2.61. The van der Waals surface area contributed by atoms with Gasteiger partial charge in [0.15, 0.2) is 0 Å². The number of methoxy groups -OCH3 is 2. The van der Waals surface area contributed by atoms with Crippen LogP contribution in [0.4, 0.5) is 9.59 Å². The lowest BCUT2D eigenvalue weighted by Gasteiger charge is -2.20. The summed E-state index contributed by atoms with van der Waals surface area (Å²) in [4.78, 5) is 59.5. The topological polar surface area (TPSA) is 170 Å². The molecule has 0 amide bonds. The molecule has 63 heavy (non-hydrogen) atoms. The third-order valence-electron chi connectivity index (χ3n) is 9.46. The highest BCUT2D eigenvalue weighted by Gasteiger charge is 2.27. The van der Waals surface area contributed by atoms with Crippen LogP contribution in [0.25, 0.3) is 44.3 Å². The average molecular weight is 855 g/mol. The van der Waals surface area contributed by atoms with E-state index >= 15 is 0 Å². The normalized spacial score (nSPS) is 11.4. The van der Waals surface area contributed by atoms with Crippen molar-refractivity contribution in [1.82, 2.24) is 19.1 Å².